The summed E-state index contributed by atoms with van der Waals surface area (Å²) in [4.78, 5) is 0. The SMILES string of the molecule is Cc1cc(C)cc(C(N)CCc2c(C)nn(C)c2C)c1. The Hall–Kier alpha value is -1.61. The van der Waals surface area contributed by atoms with E-state index in [4.69, 9.17) is 5.73 Å². The van der Waals surface area contributed by atoms with Crippen LogP contribution < -0.4 is 5.73 Å². The second kappa shape index (κ2) is 5.80. The lowest BCUT2D eigenvalue weighted by atomic mass is 9.96. The maximum Gasteiger partial charge on any atom is 0.0628 e. The number of hydrogen-bond donors (Lipinski definition) is 1. The van der Waals surface area contributed by atoms with Gasteiger partial charge < -0.3 is 5.73 Å². The molecule has 1 heterocycles. The van der Waals surface area contributed by atoms with Gasteiger partial charge in [-0.1, -0.05) is 29.3 Å². The Morgan fingerprint density at radius 1 is 1.10 bits per heavy atom. The Morgan fingerprint density at radius 3 is 2.20 bits per heavy atom. The first-order valence-corrected chi connectivity index (χ1v) is 7.21. The molecular formula is C17H25N3. The Labute approximate surface area is 121 Å². The van der Waals surface area contributed by atoms with Crippen molar-refractivity contribution in [1.29, 1.82) is 0 Å². The molecule has 2 N–H and O–H groups in total. The van der Waals surface area contributed by atoms with Crippen LogP contribution in [-0.2, 0) is 13.5 Å². The maximum atomic E-state index is 6.36. The van der Waals surface area contributed by atoms with E-state index in [9.17, 15) is 0 Å². The van der Waals surface area contributed by atoms with Crippen molar-refractivity contribution in [1.82, 2.24) is 9.78 Å². The quantitative estimate of drug-likeness (QED) is 0.927. The summed E-state index contributed by atoms with van der Waals surface area (Å²) in [6.07, 6.45) is 1.94. The molecule has 0 radical (unpaired) electrons. The van der Waals surface area contributed by atoms with Crippen molar-refractivity contribution in [2.45, 2.75) is 46.6 Å². The summed E-state index contributed by atoms with van der Waals surface area (Å²) in [6, 6.07) is 6.67. The van der Waals surface area contributed by atoms with Gasteiger partial charge in [-0.05, 0) is 51.7 Å². The first kappa shape index (κ1) is 14.8. The summed E-state index contributed by atoms with van der Waals surface area (Å²) in [5.74, 6) is 0. The Bertz CT molecular complexity index is 591. The molecule has 0 saturated carbocycles. The zero-order chi connectivity index (χ0) is 14.9. The van der Waals surface area contributed by atoms with Gasteiger partial charge >= 0.3 is 0 Å². The number of hydrogen-bond acceptors (Lipinski definition) is 2. The monoisotopic (exact) mass is 271 g/mol. The maximum absolute atomic E-state index is 6.36. The van der Waals surface area contributed by atoms with Crippen LogP contribution in [0.3, 0.4) is 0 Å². The average Bonchev–Trinajstić information content (AvgIpc) is 2.60. The van der Waals surface area contributed by atoms with Crippen LogP contribution in [0.5, 0.6) is 0 Å². The standard InChI is InChI=1S/C17H25N3/c1-11-8-12(2)10-15(9-11)17(18)7-6-16-13(3)19-20(5)14(16)4/h8-10,17H,6-7,18H2,1-5H3. The number of nitrogens with zero attached hydrogens (tertiary/aromatic N) is 2. The molecule has 1 atom stereocenters. The van der Waals surface area contributed by atoms with Crippen LogP contribution in [0.25, 0.3) is 0 Å². The molecule has 0 aliphatic heterocycles. The van der Waals surface area contributed by atoms with Crippen LogP contribution in [0.4, 0.5) is 0 Å². The Kier molecular flexibility index (Phi) is 4.29. The first-order valence-electron chi connectivity index (χ1n) is 7.21. The topological polar surface area (TPSA) is 43.8 Å². The van der Waals surface area contributed by atoms with Gasteiger partial charge in [0.25, 0.3) is 0 Å². The van der Waals surface area contributed by atoms with Gasteiger partial charge in [0.1, 0.15) is 0 Å². The molecule has 1 aromatic heterocycles. The van der Waals surface area contributed by atoms with Gasteiger partial charge in [-0.15, -0.1) is 0 Å². The van der Waals surface area contributed by atoms with E-state index in [2.05, 4.69) is 51.0 Å². The van der Waals surface area contributed by atoms with Crippen molar-refractivity contribution in [3.05, 3.63) is 51.8 Å². The number of aryl methyl sites for hydroxylation is 4. The molecule has 0 spiro atoms. The van der Waals surface area contributed by atoms with E-state index in [0.29, 0.717) is 0 Å². The van der Waals surface area contributed by atoms with Gasteiger partial charge in [0.2, 0.25) is 0 Å². The van der Waals surface area contributed by atoms with Crippen molar-refractivity contribution >= 4 is 0 Å². The second-order valence-electron chi connectivity index (χ2n) is 5.84. The molecule has 0 aliphatic rings. The van der Waals surface area contributed by atoms with Crippen LogP contribution in [0, 0.1) is 27.7 Å². The van der Waals surface area contributed by atoms with E-state index in [1.807, 2.05) is 11.7 Å². The highest BCUT2D eigenvalue weighted by Crippen LogP contribution is 2.22. The third kappa shape index (κ3) is 3.10. The summed E-state index contributed by atoms with van der Waals surface area (Å²) in [5, 5.41) is 4.47. The lowest BCUT2D eigenvalue weighted by molar-refractivity contribution is 0.646. The van der Waals surface area contributed by atoms with E-state index in [-0.39, 0.29) is 6.04 Å². The minimum atomic E-state index is 0.0904. The normalized spacial score (nSPS) is 12.7. The van der Waals surface area contributed by atoms with Gasteiger partial charge in [-0.2, -0.15) is 5.10 Å². The average molecular weight is 271 g/mol. The molecule has 108 valence electrons. The number of nitrogens with two attached hydrogens (primary N) is 1. The molecule has 0 amide bonds. The van der Waals surface area contributed by atoms with E-state index in [1.165, 1.54) is 27.9 Å². The van der Waals surface area contributed by atoms with Gasteiger partial charge in [-0.3, -0.25) is 4.68 Å². The highest BCUT2D eigenvalue weighted by molar-refractivity contribution is 5.31. The van der Waals surface area contributed by atoms with Crippen molar-refractivity contribution in [3.63, 3.8) is 0 Å². The summed E-state index contributed by atoms with van der Waals surface area (Å²) in [5.41, 5.74) is 13.9. The van der Waals surface area contributed by atoms with E-state index in [0.717, 1.165) is 18.5 Å². The van der Waals surface area contributed by atoms with Crippen molar-refractivity contribution in [3.8, 4) is 0 Å². The predicted molar refractivity (Wildman–Crippen MR) is 83.8 cm³/mol. The number of rotatable bonds is 4. The molecule has 0 bridgehead atoms. The van der Waals surface area contributed by atoms with Gasteiger partial charge in [-0.25, -0.2) is 0 Å². The zero-order valence-corrected chi connectivity index (χ0v) is 13.2. The van der Waals surface area contributed by atoms with E-state index in [1.54, 1.807) is 0 Å². The third-order valence-electron chi connectivity index (χ3n) is 4.04. The number of benzene rings is 1. The molecule has 0 aliphatic carbocycles. The minimum absolute atomic E-state index is 0.0904. The summed E-state index contributed by atoms with van der Waals surface area (Å²) in [7, 11) is 2.00. The molecular weight excluding hydrogens is 246 g/mol. The molecule has 3 heteroatoms. The fourth-order valence-electron chi connectivity index (χ4n) is 2.87. The Morgan fingerprint density at radius 2 is 1.70 bits per heavy atom. The third-order valence-corrected chi connectivity index (χ3v) is 4.04. The lowest BCUT2D eigenvalue weighted by Crippen LogP contribution is -2.12. The smallest absolute Gasteiger partial charge is 0.0628 e. The molecule has 0 saturated heterocycles. The molecule has 1 aromatic carbocycles. The van der Waals surface area contributed by atoms with Crippen LogP contribution in [0.15, 0.2) is 18.2 Å². The van der Waals surface area contributed by atoms with Crippen LogP contribution in [-0.4, -0.2) is 9.78 Å². The van der Waals surface area contributed by atoms with Crippen LogP contribution >= 0.6 is 0 Å². The molecule has 2 rings (SSSR count). The molecule has 2 aromatic rings. The summed E-state index contributed by atoms with van der Waals surface area (Å²) >= 11 is 0. The van der Waals surface area contributed by atoms with E-state index >= 15 is 0 Å². The largest absolute Gasteiger partial charge is 0.324 e. The molecule has 20 heavy (non-hydrogen) atoms. The molecule has 0 fully saturated rings. The van der Waals surface area contributed by atoms with Gasteiger partial charge in [0, 0.05) is 18.8 Å². The van der Waals surface area contributed by atoms with Gasteiger partial charge in [0.05, 0.1) is 5.69 Å². The van der Waals surface area contributed by atoms with Gasteiger partial charge in [0.15, 0.2) is 0 Å². The zero-order valence-electron chi connectivity index (χ0n) is 13.2. The van der Waals surface area contributed by atoms with Crippen molar-refractivity contribution in [2.75, 3.05) is 0 Å². The van der Waals surface area contributed by atoms with Crippen molar-refractivity contribution < 1.29 is 0 Å². The first-order chi connectivity index (χ1) is 9.38. The molecule has 3 nitrogen and oxygen atoms in total. The van der Waals surface area contributed by atoms with Crippen LogP contribution in [0.2, 0.25) is 0 Å². The highest BCUT2D eigenvalue weighted by atomic mass is 15.3. The van der Waals surface area contributed by atoms with E-state index < -0.39 is 0 Å². The number of aromatic nitrogens is 2. The highest BCUT2D eigenvalue weighted by Gasteiger charge is 2.12. The summed E-state index contributed by atoms with van der Waals surface area (Å²) in [6.45, 7) is 8.44. The molecule has 1 unspecified atom stereocenters. The second-order valence-corrected chi connectivity index (χ2v) is 5.84. The fourth-order valence-corrected chi connectivity index (χ4v) is 2.87. The van der Waals surface area contributed by atoms with Crippen LogP contribution in [0.1, 0.15) is 46.1 Å². The lowest BCUT2D eigenvalue weighted by Gasteiger charge is -2.14. The Balaban J connectivity index is 2.10. The predicted octanol–water partition coefficient (Wildman–Crippen LogP) is 3.29. The minimum Gasteiger partial charge on any atom is -0.324 e. The fraction of sp³-hybridized carbons (Fsp3) is 0.471. The summed E-state index contributed by atoms with van der Waals surface area (Å²) < 4.78 is 1.95. The van der Waals surface area contributed by atoms with Crippen molar-refractivity contribution in [2.24, 2.45) is 12.8 Å².